The van der Waals surface area contributed by atoms with Gasteiger partial charge in [0.25, 0.3) is 0 Å². The number of hydrogen-bond acceptors (Lipinski definition) is 3. The van der Waals surface area contributed by atoms with Crippen LogP contribution in [0.15, 0.2) is 42.9 Å². The van der Waals surface area contributed by atoms with E-state index in [0.29, 0.717) is 12.3 Å². The second kappa shape index (κ2) is 6.04. The fraction of sp³-hybridized carbons (Fsp3) is 0.353. The summed E-state index contributed by atoms with van der Waals surface area (Å²) in [7, 11) is 0. The van der Waals surface area contributed by atoms with Crippen molar-refractivity contribution in [2.75, 3.05) is 0 Å². The molecule has 108 valence electrons. The third kappa shape index (κ3) is 3.45. The third-order valence-electron chi connectivity index (χ3n) is 3.84. The molecule has 2 aromatic heterocycles. The zero-order chi connectivity index (χ0) is 14.7. The van der Waals surface area contributed by atoms with E-state index in [1.54, 1.807) is 18.6 Å². The van der Waals surface area contributed by atoms with E-state index in [-0.39, 0.29) is 11.9 Å². The summed E-state index contributed by atoms with van der Waals surface area (Å²) in [6, 6.07) is 7.79. The van der Waals surface area contributed by atoms with Gasteiger partial charge in [0.1, 0.15) is 0 Å². The minimum atomic E-state index is 0.0324. The topological polar surface area (TPSA) is 54.9 Å². The van der Waals surface area contributed by atoms with Crippen LogP contribution in [0.25, 0.3) is 0 Å². The molecule has 1 unspecified atom stereocenters. The van der Waals surface area contributed by atoms with Crippen molar-refractivity contribution in [1.82, 2.24) is 15.3 Å². The van der Waals surface area contributed by atoms with Gasteiger partial charge in [-0.15, -0.1) is 0 Å². The molecule has 3 rings (SSSR count). The van der Waals surface area contributed by atoms with Crippen LogP contribution in [0.4, 0.5) is 0 Å². The number of nitrogens with zero attached hydrogens (tertiary/aromatic N) is 2. The van der Waals surface area contributed by atoms with Gasteiger partial charge in [-0.3, -0.25) is 14.8 Å². The summed E-state index contributed by atoms with van der Waals surface area (Å²) in [5.41, 5.74) is 3.07. The number of hydrogen-bond donors (Lipinski definition) is 1. The van der Waals surface area contributed by atoms with E-state index in [1.807, 2.05) is 31.2 Å². The lowest BCUT2D eigenvalue weighted by molar-refractivity contribution is -0.121. The highest BCUT2D eigenvalue weighted by atomic mass is 16.1. The molecule has 1 N–H and O–H groups in total. The quantitative estimate of drug-likeness (QED) is 0.916. The highest BCUT2D eigenvalue weighted by Crippen LogP contribution is 2.41. The van der Waals surface area contributed by atoms with Crippen LogP contribution in [0.3, 0.4) is 0 Å². The molecule has 2 heterocycles. The van der Waals surface area contributed by atoms with E-state index < -0.39 is 0 Å². The van der Waals surface area contributed by atoms with Crippen molar-refractivity contribution in [3.8, 4) is 0 Å². The summed E-state index contributed by atoms with van der Waals surface area (Å²) < 4.78 is 0. The highest BCUT2D eigenvalue weighted by Gasteiger charge is 2.34. The molecule has 1 atom stereocenters. The Kier molecular flexibility index (Phi) is 3.95. The first kappa shape index (κ1) is 13.7. The minimum Gasteiger partial charge on any atom is -0.347 e. The van der Waals surface area contributed by atoms with Crippen LogP contribution in [-0.4, -0.2) is 15.9 Å². The van der Waals surface area contributed by atoms with Crippen molar-refractivity contribution in [1.29, 1.82) is 0 Å². The number of nitrogens with one attached hydrogen (secondary N) is 1. The van der Waals surface area contributed by atoms with Gasteiger partial charge in [-0.2, -0.15) is 0 Å². The second-order valence-corrected chi connectivity index (χ2v) is 5.63. The van der Waals surface area contributed by atoms with Crippen LogP contribution in [0.1, 0.15) is 35.7 Å². The first-order valence-corrected chi connectivity index (χ1v) is 7.34. The van der Waals surface area contributed by atoms with Crippen molar-refractivity contribution in [2.24, 2.45) is 5.92 Å². The molecule has 1 aliphatic carbocycles. The van der Waals surface area contributed by atoms with Gasteiger partial charge in [-0.1, -0.05) is 12.1 Å². The van der Waals surface area contributed by atoms with Crippen LogP contribution in [0, 0.1) is 12.8 Å². The van der Waals surface area contributed by atoms with Crippen molar-refractivity contribution in [3.05, 3.63) is 59.7 Å². The molecule has 1 saturated carbocycles. The van der Waals surface area contributed by atoms with E-state index >= 15 is 0 Å². The normalized spacial score (nSPS) is 15.5. The molecule has 0 aliphatic heterocycles. The van der Waals surface area contributed by atoms with Gasteiger partial charge < -0.3 is 5.32 Å². The standard InChI is InChI=1S/C17H19N3O/c1-12-4-2-9-19-16(12)17(14-6-7-14)20-15(21)10-13-5-3-8-18-11-13/h2-5,8-9,11,14,17H,6-7,10H2,1H3,(H,20,21). The van der Waals surface area contributed by atoms with Crippen LogP contribution in [0.5, 0.6) is 0 Å². The molecule has 2 aromatic rings. The van der Waals surface area contributed by atoms with Gasteiger partial charge >= 0.3 is 0 Å². The number of carbonyl (C=O) groups excluding carboxylic acids is 1. The Morgan fingerprint density at radius 2 is 2.14 bits per heavy atom. The Morgan fingerprint density at radius 3 is 2.81 bits per heavy atom. The van der Waals surface area contributed by atoms with E-state index in [1.165, 1.54) is 0 Å². The van der Waals surface area contributed by atoms with Crippen molar-refractivity contribution in [2.45, 2.75) is 32.2 Å². The maximum absolute atomic E-state index is 12.3. The van der Waals surface area contributed by atoms with Crippen LogP contribution < -0.4 is 5.32 Å². The maximum Gasteiger partial charge on any atom is 0.225 e. The number of rotatable bonds is 5. The molecular formula is C17H19N3O. The van der Waals surface area contributed by atoms with Gasteiger partial charge in [0.15, 0.2) is 0 Å². The number of pyridine rings is 2. The molecule has 21 heavy (non-hydrogen) atoms. The lowest BCUT2D eigenvalue weighted by Gasteiger charge is -2.19. The first-order chi connectivity index (χ1) is 10.2. The summed E-state index contributed by atoms with van der Waals surface area (Å²) in [6.45, 7) is 2.05. The molecule has 0 radical (unpaired) electrons. The largest absolute Gasteiger partial charge is 0.347 e. The van der Waals surface area contributed by atoms with Gasteiger partial charge in [0, 0.05) is 18.6 Å². The van der Waals surface area contributed by atoms with Gasteiger partial charge in [0.2, 0.25) is 5.91 Å². The van der Waals surface area contributed by atoms with E-state index in [4.69, 9.17) is 0 Å². The minimum absolute atomic E-state index is 0.0324. The number of amides is 1. The summed E-state index contributed by atoms with van der Waals surface area (Å²) in [5.74, 6) is 0.557. The fourth-order valence-electron chi connectivity index (χ4n) is 2.58. The molecule has 0 saturated heterocycles. The van der Waals surface area contributed by atoms with Crippen LogP contribution >= 0.6 is 0 Å². The molecule has 0 aromatic carbocycles. The lowest BCUT2D eigenvalue weighted by Crippen LogP contribution is -2.32. The van der Waals surface area contributed by atoms with Crippen molar-refractivity contribution >= 4 is 5.91 Å². The molecule has 4 nitrogen and oxygen atoms in total. The van der Waals surface area contributed by atoms with Crippen LogP contribution in [-0.2, 0) is 11.2 Å². The first-order valence-electron chi connectivity index (χ1n) is 7.34. The van der Waals surface area contributed by atoms with Crippen LogP contribution in [0.2, 0.25) is 0 Å². The molecule has 4 heteroatoms. The molecule has 0 bridgehead atoms. The third-order valence-corrected chi connectivity index (χ3v) is 3.84. The fourth-order valence-corrected chi connectivity index (χ4v) is 2.58. The Bertz CT molecular complexity index is 623. The van der Waals surface area contributed by atoms with E-state index in [9.17, 15) is 4.79 Å². The Morgan fingerprint density at radius 1 is 1.33 bits per heavy atom. The number of aryl methyl sites for hydroxylation is 1. The maximum atomic E-state index is 12.3. The summed E-state index contributed by atoms with van der Waals surface area (Å²) >= 11 is 0. The Hall–Kier alpha value is -2.23. The molecule has 1 amide bonds. The molecular weight excluding hydrogens is 262 g/mol. The lowest BCUT2D eigenvalue weighted by atomic mass is 10.0. The average molecular weight is 281 g/mol. The summed E-state index contributed by atoms with van der Waals surface area (Å²) in [5, 5.41) is 3.16. The molecule has 1 aliphatic rings. The van der Waals surface area contributed by atoms with Gasteiger partial charge in [-0.05, 0) is 48.9 Å². The predicted molar refractivity (Wildman–Crippen MR) is 80.5 cm³/mol. The number of carbonyl (C=O) groups is 1. The average Bonchev–Trinajstić information content (AvgIpc) is 3.31. The Balaban J connectivity index is 1.71. The highest BCUT2D eigenvalue weighted by molar-refractivity contribution is 5.79. The summed E-state index contributed by atoms with van der Waals surface area (Å²) in [6.07, 6.45) is 7.93. The summed E-state index contributed by atoms with van der Waals surface area (Å²) in [4.78, 5) is 20.8. The van der Waals surface area contributed by atoms with Gasteiger partial charge in [-0.25, -0.2) is 0 Å². The predicted octanol–water partition coefficient (Wildman–Crippen LogP) is 2.60. The smallest absolute Gasteiger partial charge is 0.225 e. The zero-order valence-electron chi connectivity index (χ0n) is 12.1. The zero-order valence-corrected chi connectivity index (χ0v) is 12.1. The Labute approximate surface area is 124 Å². The van der Waals surface area contributed by atoms with E-state index in [0.717, 1.165) is 29.7 Å². The van der Waals surface area contributed by atoms with Gasteiger partial charge in [0.05, 0.1) is 18.2 Å². The van der Waals surface area contributed by atoms with Crippen molar-refractivity contribution < 1.29 is 4.79 Å². The van der Waals surface area contributed by atoms with E-state index in [2.05, 4.69) is 15.3 Å². The number of aromatic nitrogens is 2. The SMILES string of the molecule is Cc1cccnc1C(NC(=O)Cc1cccnc1)C1CC1. The monoisotopic (exact) mass is 281 g/mol. The molecule has 1 fully saturated rings. The second-order valence-electron chi connectivity index (χ2n) is 5.63. The van der Waals surface area contributed by atoms with Crippen molar-refractivity contribution in [3.63, 3.8) is 0 Å². The molecule has 0 spiro atoms.